The van der Waals surface area contributed by atoms with Crippen molar-refractivity contribution in [3.8, 4) is 0 Å². The topological polar surface area (TPSA) is 15.3 Å². The lowest BCUT2D eigenvalue weighted by molar-refractivity contribution is 0.139. The third kappa shape index (κ3) is 3.72. The largest absolute Gasteiger partial charge is 0.311 e. The van der Waals surface area contributed by atoms with E-state index in [1.807, 2.05) is 0 Å². The van der Waals surface area contributed by atoms with Crippen LogP contribution in [0.5, 0.6) is 0 Å². The molecule has 1 aliphatic rings. The van der Waals surface area contributed by atoms with Gasteiger partial charge in [0.2, 0.25) is 0 Å². The first-order valence-corrected chi connectivity index (χ1v) is 7.10. The molecule has 0 amide bonds. The summed E-state index contributed by atoms with van der Waals surface area (Å²) in [5.41, 5.74) is 1.15. The number of hydrogen-bond donors (Lipinski definition) is 1. The van der Waals surface area contributed by atoms with E-state index in [4.69, 9.17) is 23.2 Å². The molecule has 2 atom stereocenters. The van der Waals surface area contributed by atoms with Gasteiger partial charge in [0.25, 0.3) is 0 Å². The van der Waals surface area contributed by atoms with Gasteiger partial charge >= 0.3 is 0 Å². The minimum absolute atomic E-state index is 0. The summed E-state index contributed by atoms with van der Waals surface area (Å²) in [6.45, 7) is 7.44. The molecule has 0 aromatic carbocycles. The Labute approximate surface area is 123 Å². The average Bonchev–Trinajstić information content (AvgIpc) is 2.55. The fraction of sp³-hybridized carbons (Fsp3) is 0.636. The van der Waals surface area contributed by atoms with Gasteiger partial charge in [0.05, 0.1) is 5.02 Å². The lowest BCUT2D eigenvalue weighted by atomic mass is 10.1. The molecule has 2 heterocycles. The number of piperazine rings is 1. The third-order valence-corrected chi connectivity index (χ3v) is 4.94. The van der Waals surface area contributed by atoms with E-state index in [0.29, 0.717) is 16.4 Å². The van der Waals surface area contributed by atoms with Crippen LogP contribution in [-0.2, 0) is 6.54 Å². The summed E-state index contributed by atoms with van der Waals surface area (Å²) in [4.78, 5) is 2.45. The molecular formula is C11H17Cl3N2S. The second-order valence-electron chi connectivity index (χ2n) is 4.44. The van der Waals surface area contributed by atoms with E-state index in [2.05, 4.69) is 29.4 Å². The molecule has 1 aliphatic heterocycles. The van der Waals surface area contributed by atoms with Crippen LogP contribution in [0.15, 0.2) is 5.38 Å². The van der Waals surface area contributed by atoms with Crippen molar-refractivity contribution < 1.29 is 0 Å². The molecule has 2 rings (SSSR count). The van der Waals surface area contributed by atoms with Crippen molar-refractivity contribution in [2.75, 3.05) is 13.1 Å². The van der Waals surface area contributed by atoms with Crippen molar-refractivity contribution >= 4 is 46.9 Å². The Kier molecular flexibility index (Phi) is 6.03. The highest BCUT2D eigenvalue weighted by Crippen LogP contribution is 2.33. The second-order valence-corrected chi connectivity index (χ2v) is 6.30. The van der Waals surface area contributed by atoms with Crippen molar-refractivity contribution in [1.29, 1.82) is 0 Å². The summed E-state index contributed by atoms with van der Waals surface area (Å²) < 4.78 is 0.701. The molecule has 1 saturated heterocycles. The Morgan fingerprint density at radius 1 is 1.47 bits per heavy atom. The molecule has 6 heteroatoms. The van der Waals surface area contributed by atoms with Crippen LogP contribution in [0, 0.1) is 0 Å². The number of rotatable bonds is 2. The Bertz CT molecular complexity index is 370. The third-order valence-electron chi connectivity index (χ3n) is 3.03. The summed E-state index contributed by atoms with van der Waals surface area (Å²) in [5.74, 6) is 0. The maximum atomic E-state index is 6.15. The first-order chi connectivity index (χ1) is 7.58. The van der Waals surface area contributed by atoms with Crippen LogP contribution >= 0.6 is 46.9 Å². The maximum Gasteiger partial charge on any atom is 0.112 e. The highest BCUT2D eigenvalue weighted by Gasteiger charge is 2.23. The first-order valence-electron chi connectivity index (χ1n) is 5.46. The summed E-state index contributed by atoms with van der Waals surface area (Å²) in [6, 6.07) is 1.09. The quantitative estimate of drug-likeness (QED) is 0.896. The van der Waals surface area contributed by atoms with E-state index in [1.165, 1.54) is 11.3 Å². The Morgan fingerprint density at radius 2 is 2.18 bits per heavy atom. The van der Waals surface area contributed by atoms with Gasteiger partial charge in [-0.3, -0.25) is 4.90 Å². The molecule has 1 aromatic heterocycles. The minimum Gasteiger partial charge on any atom is -0.311 e. The van der Waals surface area contributed by atoms with Gasteiger partial charge in [-0.15, -0.1) is 23.7 Å². The summed E-state index contributed by atoms with van der Waals surface area (Å²) in [7, 11) is 0. The molecule has 0 spiro atoms. The van der Waals surface area contributed by atoms with Gasteiger partial charge in [-0.2, -0.15) is 0 Å². The zero-order valence-electron chi connectivity index (χ0n) is 9.87. The zero-order valence-corrected chi connectivity index (χ0v) is 13.0. The normalized spacial score (nSPS) is 25.6. The molecule has 1 N–H and O–H groups in total. The molecule has 0 radical (unpaired) electrons. The lowest BCUT2D eigenvalue weighted by Crippen LogP contribution is -2.53. The van der Waals surface area contributed by atoms with Gasteiger partial charge in [-0.1, -0.05) is 23.2 Å². The van der Waals surface area contributed by atoms with Crippen LogP contribution in [0.1, 0.15) is 19.4 Å². The molecule has 1 fully saturated rings. The van der Waals surface area contributed by atoms with Crippen molar-refractivity contribution in [2.45, 2.75) is 32.5 Å². The molecule has 17 heavy (non-hydrogen) atoms. The SMILES string of the molecule is CC1CN(Cc2csc(Cl)c2Cl)C(C)CN1.Cl. The molecule has 0 aliphatic carbocycles. The van der Waals surface area contributed by atoms with Gasteiger partial charge < -0.3 is 5.32 Å². The van der Waals surface area contributed by atoms with Gasteiger partial charge in [0.15, 0.2) is 0 Å². The van der Waals surface area contributed by atoms with Crippen molar-refractivity contribution in [2.24, 2.45) is 0 Å². The lowest BCUT2D eigenvalue weighted by Gasteiger charge is -2.37. The summed E-state index contributed by atoms with van der Waals surface area (Å²) in [5, 5.41) is 6.26. The smallest absolute Gasteiger partial charge is 0.112 e. The molecule has 2 unspecified atom stereocenters. The summed E-state index contributed by atoms with van der Waals surface area (Å²) in [6.07, 6.45) is 0. The maximum absolute atomic E-state index is 6.15. The van der Waals surface area contributed by atoms with Crippen LogP contribution in [0.2, 0.25) is 9.36 Å². The molecular weight excluding hydrogens is 299 g/mol. The highest BCUT2D eigenvalue weighted by molar-refractivity contribution is 7.15. The van der Waals surface area contributed by atoms with Crippen molar-refractivity contribution in [3.05, 3.63) is 20.3 Å². The number of nitrogens with zero attached hydrogens (tertiary/aromatic N) is 1. The van der Waals surface area contributed by atoms with Crippen LogP contribution in [0.25, 0.3) is 0 Å². The van der Waals surface area contributed by atoms with Gasteiger partial charge in [0, 0.05) is 31.7 Å². The van der Waals surface area contributed by atoms with Crippen LogP contribution in [0.4, 0.5) is 0 Å². The van der Waals surface area contributed by atoms with Gasteiger partial charge in [-0.25, -0.2) is 0 Å². The van der Waals surface area contributed by atoms with E-state index in [1.54, 1.807) is 0 Å². The molecule has 2 nitrogen and oxygen atoms in total. The van der Waals surface area contributed by atoms with Crippen molar-refractivity contribution in [1.82, 2.24) is 10.2 Å². The van der Waals surface area contributed by atoms with Crippen LogP contribution in [-0.4, -0.2) is 30.1 Å². The van der Waals surface area contributed by atoms with Crippen LogP contribution < -0.4 is 5.32 Å². The van der Waals surface area contributed by atoms with E-state index in [-0.39, 0.29) is 12.4 Å². The Hall–Kier alpha value is 0.490. The molecule has 0 bridgehead atoms. The molecule has 98 valence electrons. The Morgan fingerprint density at radius 3 is 2.76 bits per heavy atom. The van der Waals surface area contributed by atoms with Gasteiger partial charge in [-0.05, 0) is 24.8 Å². The number of hydrogen-bond acceptors (Lipinski definition) is 3. The Balaban J connectivity index is 0.00000144. The predicted octanol–water partition coefficient (Wildman–Crippen LogP) is 3.66. The van der Waals surface area contributed by atoms with E-state index >= 15 is 0 Å². The first kappa shape index (κ1) is 15.5. The molecule has 0 saturated carbocycles. The fourth-order valence-electron chi connectivity index (χ4n) is 2.00. The minimum atomic E-state index is 0. The number of thiophene rings is 1. The number of halogens is 3. The monoisotopic (exact) mass is 314 g/mol. The second kappa shape index (κ2) is 6.60. The summed E-state index contributed by atoms with van der Waals surface area (Å²) >= 11 is 13.6. The molecule has 1 aromatic rings. The van der Waals surface area contributed by atoms with E-state index in [9.17, 15) is 0 Å². The average molecular weight is 316 g/mol. The zero-order chi connectivity index (χ0) is 11.7. The number of nitrogens with one attached hydrogen (secondary N) is 1. The highest BCUT2D eigenvalue weighted by atomic mass is 35.5. The predicted molar refractivity (Wildman–Crippen MR) is 78.9 cm³/mol. The van der Waals surface area contributed by atoms with E-state index in [0.717, 1.165) is 30.2 Å². The van der Waals surface area contributed by atoms with Crippen LogP contribution in [0.3, 0.4) is 0 Å². The standard InChI is InChI=1S/C11H16Cl2N2S.ClH/c1-7-4-15(8(2)3-14-7)5-9-6-16-11(13)10(9)12;/h6-8,14H,3-5H2,1-2H3;1H. The van der Waals surface area contributed by atoms with Crippen molar-refractivity contribution in [3.63, 3.8) is 0 Å². The van der Waals surface area contributed by atoms with Gasteiger partial charge in [0.1, 0.15) is 4.34 Å². The van der Waals surface area contributed by atoms with E-state index < -0.39 is 0 Å². The fourth-order valence-corrected chi connectivity index (χ4v) is 3.24.